The average Bonchev–Trinajstić information content (AvgIpc) is 2.57. The Hall–Kier alpha value is -2.25. The maximum absolute atomic E-state index is 12.2. The zero-order chi connectivity index (χ0) is 18.0. The van der Waals surface area contributed by atoms with E-state index in [2.05, 4.69) is 9.98 Å². The van der Waals surface area contributed by atoms with Crippen LogP contribution in [0.3, 0.4) is 0 Å². The van der Waals surface area contributed by atoms with Crippen molar-refractivity contribution < 1.29 is 5.11 Å². The third kappa shape index (κ3) is 3.72. The predicted molar refractivity (Wildman–Crippen MR) is 101 cm³/mol. The molecule has 1 aliphatic carbocycles. The van der Waals surface area contributed by atoms with Crippen molar-refractivity contribution in [2.45, 2.75) is 44.7 Å². The Morgan fingerprint density at radius 1 is 1.32 bits per heavy atom. The van der Waals surface area contributed by atoms with E-state index >= 15 is 0 Å². The fraction of sp³-hybridized carbons (Fsp3) is 0.389. The number of nitrogens with zero attached hydrogens (tertiary/aromatic N) is 2. The summed E-state index contributed by atoms with van der Waals surface area (Å²) < 4.78 is 1.57. The molecule has 1 aliphatic rings. The summed E-state index contributed by atoms with van der Waals surface area (Å²) in [5.41, 5.74) is 7.49. The van der Waals surface area contributed by atoms with Crippen LogP contribution in [0.4, 0.5) is 0 Å². The van der Waals surface area contributed by atoms with E-state index in [0.717, 1.165) is 31.2 Å². The molecule has 6 nitrogen and oxygen atoms in total. The lowest BCUT2D eigenvalue weighted by atomic mass is 9.91. The number of aromatic nitrogens is 2. The van der Waals surface area contributed by atoms with Gasteiger partial charge < -0.3 is 10.8 Å². The molecule has 25 heavy (non-hydrogen) atoms. The molecule has 0 amide bonds. The normalized spacial score (nSPS) is 20.9. The van der Waals surface area contributed by atoms with Crippen molar-refractivity contribution in [1.29, 1.82) is 0 Å². The molecule has 132 valence electrons. The minimum Gasteiger partial charge on any atom is -0.494 e. The second-order valence-corrected chi connectivity index (χ2v) is 6.85. The number of H-pyrrole nitrogens is 1. The molecule has 0 aliphatic heterocycles. The molecule has 1 saturated carbocycles. The van der Waals surface area contributed by atoms with Gasteiger partial charge in [0, 0.05) is 12.3 Å². The van der Waals surface area contributed by atoms with Crippen LogP contribution in [0.25, 0.3) is 5.69 Å². The Kier molecular flexibility index (Phi) is 5.15. The van der Waals surface area contributed by atoms with E-state index in [4.69, 9.17) is 18.0 Å². The maximum atomic E-state index is 12.2. The summed E-state index contributed by atoms with van der Waals surface area (Å²) in [6.45, 7) is 1.97. The van der Waals surface area contributed by atoms with Gasteiger partial charge in [-0.25, -0.2) is 0 Å². The fourth-order valence-corrected chi connectivity index (χ4v) is 3.37. The number of rotatable bonds is 3. The average molecular weight is 358 g/mol. The maximum Gasteiger partial charge on any atom is 0.264 e. The van der Waals surface area contributed by atoms with Crippen molar-refractivity contribution in [3.8, 4) is 11.6 Å². The molecule has 1 aromatic carbocycles. The van der Waals surface area contributed by atoms with Crippen LogP contribution in [0, 0.1) is 11.7 Å². The highest BCUT2D eigenvalue weighted by Gasteiger charge is 2.21. The molecule has 7 heteroatoms. The van der Waals surface area contributed by atoms with E-state index in [1.165, 1.54) is 10.8 Å². The van der Waals surface area contributed by atoms with Crippen LogP contribution in [-0.2, 0) is 0 Å². The SMILES string of the molecule is Cc1ccc(-n2c(O)c(C=N[C@@H]3CCCC[C@@H]3N)c(=O)[nH]c2=S)cc1. The molecule has 0 saturated heterocycles. The van der Waals surface area contributed by atoms with E-state index in [9.17, 15) is 9.90 Å². The van der Waals surface area contributed by atoms with Gasteiger partial charge in [-0.2, -0.15) is 0 Å². The number of nitrogens with two attached hydrogens (primary N) is 1. The molecular weight excluding hydrogens is 336 g/mol. The summed E-state index contributed by atoms with van der Waals surface area (Å²) in [5, 5.41) is 10.6. The number of aromatic hydroxyl groups is 1. The van der Waals surface area contributed by atoms with Gasteiger partial charge in [0.2, 0.25) is 5.88 Å². The zero-order valence-electron chi connectivity index (χ0n) is 14.1. The first-order valence-corrected chi connectivity index (χ1v) is 8.82. The van der Waals surface area contributed by atoms with Gasteiger partial charge in [0.15, 0.2) is 4.77 Å². The molecule has 1 fully saturated rings. The number of aryl methyl sites for hydroxylation is 1. The lowest BCUT2D eigenvalue weighted by molar-refractivity contribution is 0.387. The van der Waals surface area contributed by atoms with Crippen molar-refractivity contribution in [2.75, 3.05) is 0 Å². The minimum atomic E-state index is -0.459. The summed E-state index contributed by atoms with van der Waals surface area (Å²) in [6, 6.07) is 7.46. The van der Waals surface area contributed by atoms with Gasteiger partial charge in [-0.1, -0.05) is 30.5 Å². The van der Waals surface area contributed by atoms with Gasteiger partial charge in [0.1, 0.15) is 5.56 Å². The number of aliphatic imine (C=N–C) groups is 1. The van der Waals surface area contributed by atoms with Gasteiger partial charge in [-0.3, -0.25) is 19.3 Å². The zero-order valence-corrected chi connectivity index (χ0v) is 14.9. The molecular formula is C18H22N4O2S. The standard InChI is InChI=1S/C18H22N4O2S/c1-11-6-8-12(9-7-11)22-17(24)13(16(23)21-18(22)25)10-20-15-5-3-2-4-14(15)19/h6-10,14-15,24H,2-5,19H2,1H3,(H,21,23,25)/t14-,15+/m0/s1. The minimum absolute atomic E-state index is 0.00586. The van der Waals surface area contributed by atoms with Crippen molar-refractivity contribution in [1.82, 2.24) is 9.55 Å². The van der Waals surface area contributed by atoms with Crippen LogP contribution in [0.1, 0.15) is 36.8 Å². The summed E-state index contributed by atoms with van der Waals surface area (Å²) in [6.07, 6.45) is 5.43. The Labute approximate surface area is 151 Å². The Bertz CT molecular complexity index is 899. The van der Waals surface area contributed by atoms with Gasteiger partial charge in [0.25, 0.3) is 5.56 Å². The largest absolute Gasteiger partial charge is 0.494 e. The molecule has 2 aromatic rings. The van der Waals surface area contributed by atoms with Gasteiger partial charge >= 0.3 is 0 Å². The quantitative estimate of drug-likeness (QED) is 0.580. The molecule has 3 rings (SSSR count). The molecule has 0 bridgehead atoms. The third-order valence-electron chi connectivity index (χ3n) is 4.59. The number of nitrogens with one attached hydrogen (secondary N) is 1. The Morgan fingerprint density at radius 2 is 2.00 bits per heavy atom. The van der Waals surface area contributed by atoms with Crippen LogP contribution in [-0.4, -0.2) is 33.0 Å². The first-order valence-electron chi connectivity index (χ1n) is 8.41. The predicted octanol–water partition coefficient (Wildman–Crippen LogP) is 2.60. The molecule has 4 N–H and O–H groups in total. The highest BCUT2D eigenvalue weighted by Crippen LogP contribution is 2.21. The van der Waals surface area contributed by atoms with E-state index < -0.39 is 5.56 Å². The molecule has 1 aromatic heterocycles. The molecule has 0 radical (unpaired) electrons. The topological polar surface area (TPSA) is 96.4 Å². The molecule has 0 spiro atoms. The second-order valence-electron chi connectivity index (χ2n) is 6.46. The van der Waals surface area contributed by atoms with Gasteiger partial charge in [-0.15, -0.1) is 0 Å². The smallest absolute Gasteiger partial charge is 0.264 e. The lowest BCUT2D eigenvalue weighted by Gasteiger charge is -2.25. The van der Waals surface area contributed by atoms with Gasteiger partial charge in [-0.05, 0) is 44.1 Å². The van der Waals surface area contributed by atoms with E-state index in [0.29, 0.717) is 5.69 Å². The third-order valence-corrected chi connectivity index (χ3v) is 4.87. The highest BCUT2D eigenvalue weighted by molar-refractivity contribution is 7.71. The Morgan fingerprint density at radius 3 is 2.68 bits per heavy atom. The van der Waals surface area contributed by atoms with Crippen LogP contribution in [0.15, 0.2) is 34.1 Å². The molecule has 2 atom stereocenters. The number of hydrogen-bond donors (Lipinski definition) is 3. The fourth-order valence-electron chi connectivity index (χ4n) is 3.08. The van der Waals surface area contributed by atoms with Crippen molar-refractivity contribution in [2.24, 2.45) is 10.7 Å². The second kappa shape index (κ2) is 7.33. The van der Waals surface area contributed by atoms with Crippen LogP contribution < -0.4 is 11.3 Å². The van der Waals surface area contributed by atoms with Crippen LogP contribution in [0.2, 0.25) is 0 Å². The lowest BCUT2D eigenvalue weighted by Crippen LogP contribution is -2.36. The number of aromatic amines is 1. The van der Waals surface area contributed by atoms with E-state index in [1.54, 1.807) is 0 Å². The summed E-state index contributed by atoms with van der Waals surface area (Å²) >= 11 is 5.21. The number of benzene rings is 1. The van der Waals surface area contributed by atoms with Crippen molar-refractivity contribution in [3.63, 3.8) is 0 Å². The van der Waals surface area contributed by atoms with Crippen molar-refractivity contribution >= 4 is 18.4 Å². The highest BCUT2D eigenvalue weighted by atomic mass is 32.1. The first kappa shape index (κ1) is 17.6. The van der Waals surface area contributed by atoms with E-state index in [1.807, 2.05) is 31.2 Å². The number of hydrogen-bond acceptors (Lipinski definition) is 5. The first-order chi connectivity index (χ1) is 12.0. The summed E-state index contributed by atoms with van der Waals surface area (Å²) in [7, 11) is 0. The van der Waals surface area contributed by atoms with Crippen LogP contribution in [0.5, 0.6) is 5.88 Å². The van der Waals surface area contributed by atoms with Crippen LogP contribution >= 0.6 is 12.2 Å². The summed E-state index contributed by atoms with van der Waals surface area (Å²) in [4.78, 5) is 19.3. The molecule has 1 heterocycles. The van der Waals surface area contributed by atoms with E-state index in [-0.39, 0.29) is 28.3 Å². The van der Waals surface area contributed by atoms with Gasteiger partial charge in [0.05, 0.1) is 11.7 Å². The summed E-state index contributed by atoms with van der Waals surface area (Å²) in [5.74, 6) is -0.217. The van der Waals surface area contributed by atoms with Crippen molar-refractivity contribution in [3.05, 3.63) is 50.5 Å². The monoisotopic (exact) mass is 358 g/mol. The molecule has 0 unspecified atom stereocenters. The Balaban J connectivity index is 2.02.